The summed E-state index contributed by atoms with van der Waals surface area (Å²) in [5, 5.41) is 4.69. The number of carbonyl (C=O) groups is 1. The molecule has 0 aliphatic rings. The first-order valence-electron chi connectivity index (χ1n) is 7.05. The van der Waals surface area contributed by atoms with Gasteiger partial charge in [-0.05, 0) is 19.1 Å². The Kier molecular flexibility index (Phi) is 7.39. The summed E-state index contributed by atoms with van der Waals surface area (Å²) >= 11 is 5.94. The molecule has 0 radical (unpaired) electrons. The van der Waals surface area contributed by atoms with Crippen molar-refractivity contribution < 1.29 is 14.3 Å². The third-order valence-corrected chi connectivity index (χ3v) is 2.69. The van der Waals surface area contributed by atoms with Crippen molar-refractivity contribution in [3.8, 4) is 17.4 Å². The van der Waals surface area contributed by atoms with Crippen molar-refractivity contribution in [2.75, 3.05) is 13.2 Å². The summed E-state index contributed by atoms with van der Waals surface area (Å²) < 4.78 is 11.5. The van der Waals surface area contributed by atoms with E-state index >= 15 is 0 Å². The van der Waals surface area contributed by atoms with Crippen LogP contribution in [0.25, 0.3) is 11.4 Å². The van der Waals surface area contributed by atoms with Crippen LogP contribution in [0.1, 0.15) is 20.8 Å². The van der Waals surface area contributed by atoms with Crippen LogP contribution >= 0.6 is 11.6 Å². The van der Waals surface area contributed by atoms with Crippen LogP contribution in [0.5, 0.6) is 6.01 Å². The molecule has 22 heavy (non-hydrogen) atoms. The van der Waals surface area contributed by atoms with Gasteiger partial charge < -0.3 is 9.47 Å². The molecule has 0 fully saturated rings. The van der Waals surface area contributed by atoms with Gasteiger partial charge in [-0.3, -0.25) is 0 Å². The fraction of sp³-hybridized carbons (Fsp3) is 0.400. The molecule has 1 aromatic heterocycles. The molecule has 120 valence electrons. The number of carbonyl (C=O) groups excluding carboxylic acids is 1. The normalized spacial score (nSPS) is 9.68. The van der Waals surface area contributed by atoms with Gasteiger partial charge in [-0.2, -0.15) is 4.98 Å². The standard InChI is InChI=1S/C13H14ClN3O3.C2H6/c1-3-19-11(18)8-20-13-15-12(17(2)16-13)9-5-4-6-10(14)7-9;1-2/h4-7H,3,8H2,1-2H3;1-2H3. The molecular formula is C15H20ClN3O3. The van der Waals surface area contributed by atoms with Crippen LogP contribution in [0, 0.1) is 0 Å². The Morgan fingerprint density at radius 2 is 2.09 bits per heavy atom. The van der Waals surface area contributed by atoms with E-state index in [9.17, 15) is 4.79 Å². The number of halogens is 1. The van der Waals surface area contributed by atoms with Gasteiger partial charge in [0.05, 0.1) is 6.61 Å². The number of ether oxygens (including phenoxy) is 2. The van der Waals surface area contributed by atoms with Crippen molar-refractivity contribution in [2.24, 2.45) is 7.05 Å². The fourth-order valence-electron chi connectivity index (χ4n) is 1.63. The Labute approximate surface area is 135 Å². The van der Waals surface area contributed by atoms with Crippen molar-refractivity contribution in [1.29, 1.82) is 0 Å². The lowest BCUT2D eigenvalue weighted by Crippen LogP contribution is -2.15. The van der Waals surface area contributed by atoms with Gasteiger partial charge in [0.25, 0.3) is 0 Å². The zero-order valence-corrected chi connectivity index (χ0v) is 13.9. The molecule has 6 nitrogen and oxygen atoms in total. The van der Waals surface area contributed by atoms with E-state index < -0.39 is 5.97 Å². The molecule has 0 amide bonds. The number of aromatic nitrogens is 3. The second kappa shape index (κ2) is 9.04. The maximum atomic E-state index is 11.2. The average Bonchev–Trinajstić information content (AvgIpc) is 2.89. The Hall–Kier alpha value is -2.08. The van der Waals surface area contributed by atoms with Gasteiger partial charge in [-0.25, -0.2) is 9.48 Å². The van der Waals surface area contributed by atoms with E-state index in [0.29, 0.717) is 17.5 Å². The molecule has 0 saturated carbocycles. The lowest BCUT2D eigenvalue weighted by atomic mass is 10.2. The molecule has 2 aromatic rings. The summed E-state index contributed by atoms with van der Waals surface area (Å²) in [7, 11) is 1.74. The first kappa shape index (κ1) is 18.0. The van der Waals surface area contributed by atoms with Gasteiger partial charge in [0, 0.05) is 17.6 Å². The molecule has 7 heteroatoms. The summed E-state index contributed by atoms with van der Waals surface area (Å²) in [4.78, 5) is 15.4. The smallest absolute Gasteiger partial charge is 0.344 e. The van der Waals surface area contributed by atoms with Gasteiger partial charge >= 0.3 is 12.0 Å². The minimum atomic E-state index is -0.454. The van der Waals surface area contributed by atoms with E-state index in [-0.39, 0.29) is 12.6 Å². The van der Waals surface area contributed by atoms with Gasteiger partial charge in [0.2, 0.25) is 0 Å². The molecule has 0 N–H and O–H groups in total. The Morgan fingerprint density at radius 1 is 1.36 bits per heavy atom. The second-order valence-corrected chi connectivity index (χ2v) is 4.38. The Balaban J connectivity index is 0.00000116. The highest BCUT2D eigenvalue weighted by molar-refractivity contribution is 6.30. The zero-order valence-electron chi connectivity index (χ0n) is 13.2. The van der Waals surface area contributed by atoms with Crippen LogP contribution in [0.2, 0.25) is 5.02 Å². The van der Waals surface area contributed by atoms with E-state index in [4.69, 9.17) is 21.1 Å². The SMILES string of the molecule is CC.CCOC(=O)COc1nc(-c2cccc(Cl)c2)n(C)n1. The van der Waals surface area contributed by atoms with Crippen LogP contribution < -0.4 is 4.74 Å². The molecule has 2 rings (SSSR count). The Bertz CT molecular complexity index is 614. The maximum absolute atomic E-state index is 11.2. The first-order chi connectivity index (χ1) is 10.6. The van der Waals surface area contributed by atoms with Crippen molar-refractivity contribution in [3.63, 3.8) is 0 Å². The highest BCUT2D eigenvalue weighted by atomic mass is 35.5. The molecule has 0 atom stereocenters. The fourth-order valence-corrected chi connectivity index (χ4v) is 1.82. The van der Waals surface area contributed by atoms with E-state index in [0.717, 1.165) is 5.56 Å². The predicted molar refractivity (Wildman–Crippen MR) is 84.9 cm³/mol. The van der Waals surface area contributed by atoms with E-state index in [1.807, 2.05) is 26.0 Å². The van der Waals surface area contributed by atoms with Gasteiger partial charge in [0.1, 0.15) is 0 Å². The molecule has 0 saturated heterocycles. The summed E-state index contributed by atoms with van der Waals surface area (Å²) in [5.41, 5.74) is 0.818. The number of benzene rings is 1. The zero-order chi connectivity index (χ0) is 16.5. The van der Waals surface area contributed by atoms with Crippen molar-refractivity contribution in [1.82, 2.24) is 14.8 Å². The quantitative estimate of drug-likeness (QED) is 0.790. The number of rotatable bonds is 5. The number of hydrogen-bond acceptors (Lipinski definition) is 5. The van der Waals surface area contributed by atoms with Gasteiger partial charge in [0.15, 0.2) is 12.4 Å². The highest BCUT2D eigenvalue weighted by Gasteiger charge is 2.12. The van der Waals surface area contributed by atoms with E-state index in [2.05, 4.69) is 10.1 Å². The molecule has 0 unspecified atom stereocenters. The second-order valence-electron chi connectivity index (χ2n) is 3.95. The van der Waals surface area contributed by atoms with Crippen molar-refractivity contribution >= 4 is 17.6 Å². The minimum Gasteiger partial charge on any atom is -0.463 e. The largest absolute Gasteiger partial charge is 0.463 e. The number of hydrogen-bond donors (Lipinski definition) is 0. The average molecular weight is 326 g/mol. The van der Waals surface area contributed by atoms with Gasteiger partial charge in [-0.15, -0.1) is 5.10 Å². The number of esters is 1. The lowest BCUT2D eigenvalue weighted by molar-refractivity contribution is -0.145. The molecule has 0 aliphatic carbocycles. The molecule has 0 aliphatic heterocycles. The minimum absolute atomic E-state index is 0.121. The molecule has 1 aromatic carbocycles. The molecule has 1 heterocycles. The van der Waals surface area contributed by atoms with Crippen LogP contribution in [0.15, 0.2) is 24.3 Å². The third kappa shape index (κ3) is 5.04. The van der Waals surface area contributed by atoms with Crippen molar-refractivity contribution in [2.45, 2.75) is 20.8 Å². The number of aryl methyl sites for hydroxylation is 1. The Morgan fingerprint density at radius 3 is 2.73 bits per heavy atom. The topological polar surface area (TPSA) is 66.2 Å². The number of nitrogens with zero attached hydrogens (tertiary/aromatic N) is 3. The van der Waals surface area contributed by atoms with Crippen LogP contribution in [0.4, 0.5) is 0 Å². The van der Waals surface area contributed by atoms with E-state index in [1.165, 1.54) is 0 Å². The summed E-state index contributed by atoms with van der Waals surface area (Å²) in [6.45, 7) is 5.83. The monoisotopic (exact) mass is 325 g/mol. The summed E-state index contributed by atoms with van der Waals surface area (Å²) in [5.74, 6) is 0.149. The summed E-state index contributed by atoms with van der Waals surface area (Å²) in [6.07, 6.45) is 0. The van der Waals surface area contributed by atoms with Crippen LogP contribution in [-0.4, -0.2) is 33.9 Å². The first-order valence-corrected chi connectivity index (χ1v) is 7.43. The van der Waals surface area contributed by atoms with Crippen LogP contribution in [0.3, 0.4) is 0 Å². The predicted octanol–water partition coefficient (Wildman–Crippen LogP) is 3.10. The lowest BCUT2D eigenvalue weighted by Gasteiger charge is -2.00. The molecule has 0 bridgehead atoms. The van der Waals surface area contributed by atoms with Gasteiger partial charge in [-0.1, -0.05) is 37.6 Å². The summed E-state index contributed by atoms with van der Waals surface area (Å²) in [6, 6.07) is 7.37. The van der Waals surface area contributed by atoms with Crippen LogP contribution in [-0.2, 0) is 16.6 Å². The highest BCUT2D eigenvalue weighted by Crippen LogP contribution is 2.22. The van der Waals surface area contributed by atoms with Crippen molar-refractivity contribution in [3.05, 3.63) is 29.3 Å². The third-order valence-electron chi connectivity index (χ3n) is 2.45. The maximum Gasteiger partial charge on any atom is 0.344 e. The molecule has 0 spiro atoms. The molecular weight excluding hydrogens is 306 g/mol. The van der Waals surface area contributed by atoms with E-state index in [1.54, 1.807) is 30.8 Å².